The number of hydrogen-bond donors (Lipinski definition) is 2. The fraction of sp³-hybridized carbons (Fsp3) is 0.571. The molecule has 2 aliphatic heterocycles. The molecule has 1 spiro atoms. The molecule has 1 fully saturated rings. The molecule has 0 saturated carbocycles. The lowest BCUT2D eigenvalue weighted by atomic mass is 9.82. The maximum atomic E-state index is 10.3. The van der Waals surface area contributed by atoms with Gasteiger partial charge in [0.15, 0.2) is 0 Å². The van der Waals surface area contributed by atoms with E-state index in [4.69, 9.17) is 9.47 Å². The van der Waals surface area contributed by atoms with Crippen LogP contribution in [0.1, 0.15) is 30.9 Å². The molecule has 1 unspecified atom stereocenters. The van der Waals surface area contributed by atoms with Crippen LogP contribution in [-0.2, 0) is 0 Å². The van der Waals surface area contributed by atoms with E-state index in [0.717, 1.165) is 43.0 Å². The highest BCUT2D eigenvalue weighted by Gasteiger charge is 2.41. The number of methoxy groups -OCH3 is 1. The average Bonchev–Trinajstić information content (AvgIpc) is 2.39. The van der Waals surface area contributed by atoms with E-state index in [1.54, 1.807) is 7.11 Å². The lowest BCUT2D eigenvalue weighted by Gasteiger charge is -2.43. The van der Waals surface area contributed by atoms with Crippen LogP contribution < -0.4 is 14.8 Å². The largest absolute Gasteiger partial charge is 0.497 e. The van der Waals surface area contributed by atoms with Gasteiger partial charge in [-0.25, -0.2) is 0 Å². The Balaban J connectivity index is 1.92. The third kappa shape index (κ3) is 1.95. The highest BCUT2D eigenvalue weighted by atomic mass is 16.5. The third-order valence-corrected chi connectivity index (χ3v) is 3.98. The molecule has 1 atom stereocenters. The summed E-state index contributed by atoms with van der Waals surface area (Å²) in [5.74, 6) is 1.56. The van der Waals surface area contributed by atoms with Crippen LogP contribution in [-0.4, -0.2) is 30.9 Å². The van der Waals surface area contributed by atoms with Crippen molar-refractivity contribution in [3.8, 4) is 11.5 Å². The quantitative estimate of drug-likeness (QED) is 0.794. The summed E-state index contributed by atoms with van der Waals surface area (Å²) in [6.07, 6.45) is 2.13. The Labute approximate surface area is 107 Å². The molecule has 0 amide bonds. The van der Waals surface area contributed by atoms with Gasteiger partial charge in [0, 0.05) is 12.0 Å². The molecule has 0 aliphatic carbocycles. The maximum Gasteiger partial charge on any atom is 0.126 e. The van der Waals surface area contributed by atoms with E-state index in [1.807, 2.05) is 18.2 Å². The lowest BCUT2D eigenvalue weighted by molar-refractivity contribution is -0.0338. The summed E-state index contributed by atoms with van der Waals surface area (Å²) in [5, 5.41) is 13.7. The molecule has 4 nitrogen and oxygen atoms in total. The van der Waals surface area contributed by atoms with Crippen LogP contribution in [0.3, 0.4) is 0 Å². The fourth-order valence-corrected chi connectivity index (χ4v) is 2.93. The second-order valence-electron chi connectivity index (χ2n) is 5.16. The fourth-order valence-electron chi connectivity index (χ4n) is 2.93. The van der Waals surface area contributed by atoms with Crippen LogP contribution in [0.5, 0.6) is 11.5 Å². The minimum atomic E-state index is -0.457. The summed E-state index contributed by atoms with van der Waals surface area (Å²) in [4.78, 5) is 0. The second-order valence-corrected chi connectivity index (χ2v) is 5.16. The minimum absolute atomic E-state index is 0.188. The first-order valence-electron chi connectivity index (χ1n) is 6.48. The molecule has 3 rings (SSSR count). The van der Waals surface area contributed by atoms with Crippen LogP contribution in [0.15, 0.2) is 18.2 Å². The standard InChI is InChI=1S/C14H19NO3/c1-17-10-2-3-13-11(8-10)12(16)9-14(18-13)4-6-15-7-5-14/h2-3,8,12,15-16H,4-7,9H2,1H3. The Morgan fingerprint density at radius 2 is 2.17 bits per heavy atom. The SMILES string of the molecule is COc1ccc2c(c1)C(O)CC1(CCNCC1)O2. The number of hydrogen-bond acceptors (Lipinski definition) is 4. The van der Waals surface area contributed by atoms with E-state index in [-0.39, 0.29) is 5.60 Å². The molecule has 0 aromatic heterocycles. The first kappa shape index (κ1) is 11.8. The molecule has 1 aromatic carbocycles. The topological polar surface area (TPSA) is 50.7 Å². The predicted molar refractivity (Wildman–Crippen MR) is 68.0 cm³/mol. The Morgan fingerprint density at radius 1 is 1.39 bits per heavy atom. The zero-order chi connectivity index (χ0) is 12.6. The molecule has 4 heteroatoms. The molecular formula is C14H19NO3. The number of benzene rings is 1. The summed E-state index contributed by atoms with van der Waals surface area (Å²) in [7, 11) is 1.63. The summed E-state index contributed by atoms with van der Waals surface area (Å²) in [5.41, 5.74) is 0.658. The van der Waals surface area contributed by atoms with Crippen LogP contribution >= 0.6 is 0 Å². The first-order valence-corrected chi connectivity index (χ1v) is 6.48. The van der Waals surface area contributed by atoms with E-state index in [9.17, 15) is 5.11 Å². The zero-order valence-electron chi connectivity index (χ0n) is 10.6. The van der Waals surface area contributed by atoms with Gasteiger partial charge in [-0.1, -0.05) is 0 Å². The Morgan fingerprint density at radius 3 is 2.89 bits per heavy atom. The van der Waals surface area contributed by atoms with E-state index in [2.05, 4.69) is 5.32 Å². The summed E-state index contributed by atoms with van der Waals surface area (Å²) in [6, 6.07) is 5.65. The number of aliphatic hydroxyl groups is 1. The minimum Gasteiger partial charge on any atom is -0.497 e. The smallest absolute Gasteiger partial charge is 0.126 e. The van der Waals surface area contributed by atoms with Crippen molar-refractivity contribution in [3.63, 3.8) is 0 Å². The van der Waals surface area contributed by atoms with Crippen molar-refractivity contribution in [1.29, 1.82) is 0 Å². The van der Waals surface area contributed by atoms with E-state index in [1.165, 1.54) is 0 Å². The first-order chi connectivity index (χ1) is 8.72. The zero-order valence-corrected chi connectivity index (χ0v) is 10.6. The Hall–Kier alpha value is -1.26. The molecule has 1 saturated heterocycles. The van der Waals surface area contributed by atoms with Gasteiger partial charge < -0.3 is 19.9 Å². The Bertz CT molecular complexity index is 441. The normalized spacial score (nSPS) is 25.3. The third-order valence-electron chi connectivity index (χ3n) is 3.98. The van der Waals surface area contributed by atoms with E-state index >= 15 is 0 Å². The number of piperidine rings is 1. The maximum absolute atomic E-state index is 10.3. The Kier molecular flexibility index (Phi) is 2.92. The van der Waals surface area contributed by atoms with Gasteiger partial charge in [-0.2, -0.15) is 0 Å². The monoisotopic (exact) mass is 249 g/mol. The van der Waals surface area contributed by atoms with Gasteiger partial charge in [0.1, 0.15) is 17.1 Å². The van der Waals surface area contributed by atoms with Gasteiger partial charge in [-0.05, 0) is 44.1 Å². The number of aliphatic hydroxyl groups excluding tert-OH is 1. The van der Waals surface area contributed by atoms with Crippen molar-refractivity contribution in [1.82, 2.24) is 5.32 Å². The highest BCUT2D eigenvalue weighted by molar-refractivity contribution is 5.43. The van der Waals surface area contributed by atoms with Crippen molar-refractivity contribution < 1.29 is 14.6 Å². The number of nitrogens with one attached hydrogen (secondary N) is 1. The highest BCUT2D eigenvalue weighted by Crippen LogP contribution is 2.44. The van der Waals surface area contributed by atoms with E-state index in [0.29, 0.717) is 6.42 Å². The number of rotatable bonds is 1. The predicted octanol–water partition coefficient (Wildman–Crippen LogP) is 1.63. The van der Waals surface area contributed by atoms with Crippen molar-refractivity contribution in [2.45, 2.75) is 31.0 Å². The van der Waals surface area contributed by atoms with Gasteiger partial charge in [0.05, 0.1) is 13.2 Å². The van der Waals surface area contributed by atoms with Gasteiger partial charge >= 0.3 is 0 Å². The number of ether oxygens (including phenoxy) is 2. The molecule has 0 radical (unpaired) electrons. The van der Waals surface area contributed by atoms with Crippen LogP contribution in [0.25, 0.3) is 0 Å². The van der Waals surface area contributed by atoms with Gasteiger partial charge in [0.25, 0.3) is 0 Å². The molecule has 18 heavy (non-hydrogen) atoms. The average molecular weight is 249 g/mol. The van der Waals surface area contributed by atoms with Gasteiger partial charge in [-0.15, -0.1) is 0 Å². The second kappa shape index (κ2) is 4.44. The van der Waals surface area contributed by atoms with Crippen LogP contribution in [0, 0.1) is 0 Å². The van der Waals surface area contributed by atoms with Crippen LogP contribution in [0.4, 0.5) is 0 Å². The summed E-state index contributed by atoms with van der Waals surface area (Å²) < 4.78 is 11.4. The van der Waals surface area contributed by atoms with E-state index < -0.39 is 6.10 Å². The van der Waals surface area contributed by atoms with Crippen molar-refractivity contribution in [2.24, 2.45) is 0 Å². The summed E-state index contributed by atoms with van der Waals surface area (Å²) >= 11 is 0. The van der Waals surface area contributed by atoms with Crippen molar-refractivity contribution in [2.75, 3.05) is 20.2 Å². The molecule has 2 aliphatic rings. The molecular weight excluding hydrogens is 230 g/mol. The molecule has 98 valence electrons. The molecule has 1 aromatic rings. The lowest BCUT2D eigenvalue weighted by Crippen LogP contribution is -2.49. The molecule has 0 bridgehead atoms. The molecule has 2 N–H and O–H groups in total. The number of fused-ring (bicyclic) bond motifs is 1. The van der Waals surface area contributed by atoms with Crippen LogP contribution in [0.2, 0.25) is 0 Å². The van der Waals surface area contributed by atoms with Gasteiger partial charge in [-0.3, -0.25) is 0 Å². The van der Waals surface area contributed by atoms with Gasteiger partial charge in [0.2, 0.25) is 0 Å². The van der Waals surface area contributed by atoms with Crippen molar-refractivity contribution in [3.05, 3.63) is 23.8 Å². The molecule has 2 heterocycles. The summed E-state index contributed by atoms with van der Waals surface area (Å²) in [6.45, 7) is 1.91. The van der Waals surface area contributed by atoms with Crippen molar-refractivity contribution >= 4 is 0 Å².